The Bertz CT molecular complexity index is 796. The molecule has 1 fully saturated rings. The van der Waals surface area contributed by atoms with Gasteiger partial charge in [-0.25, -0.2) is 9.97 Å². The van der Waals surface area contributed by atoms with E-state index in [4.69, 9.17) is 4.98 Å². The molecule has 2 aromatic heterocycles. The smallest absolute Gasteiger partial charge is 0.224 e. The lowest BCUT2D eigenvalue weighted by atomic mass is 9.98. The number of hydrogen-bond acceptors (Lipinski definition) is 5. The molecule has 0 aliphatic carbocycles. The van der Waals surface area contributed by atoms with Crippen LogP contribution in [0.3, 0.4) is 0 Å². The summed E-state index contributed by atoms with van der Waals surface area (Å²) in [6, 6.07) is 8.23. The van der Waals surface area contributed by atoms with Gasteiger partial charge in [-0.2, -0.15) is 5.10 Å². The van der Waals surface area contributed by atoms with Crippen LogP contribution >= 0.6 is 11.3 Å². The van der Waals surface area contributed by atoms with Crippen LogP contribution in [0.25, 0.3) is 10.2 Å². The second-order valence-corrected chi connectivity index (χ2v) is 7.17. The number of nitrogens with zero attached hydrogens (tertiary/aromatic N) is 5. The number of likely N-dealkylation sites (tertiary alicyclic amines) is 1. The van der Waals surface area contributed by atoms with Crippen LogP contribution < -0.4 is 0 Å². The Labute approximate surface area is 144 Å². The average Bonchev–Trinajstić information content (AvgIpc) is 3.29. The van der Waals surface area contributed by atoms with Crippen molar-refractivity contribution < 1.29 is 4.79 Å². The molecule has 0 spiro atoms. The van der Waals surface area contributed by atoms with Gasteiger partial charge in [0.15, 0.2) is 0 Å². The van der Waals surface area contributed by atoms with Crippen LogP contribution in [0.15, 0.2) is 36.9 Å². The first kappa shape index (κ1) is 15.3. The zero-order chi connectivity index (χ0) is 16.4. The molecule has 124 valence electrons. The molecule has 1 aliphatic heterocycles. The number of aryl methyl sites for hydroxylation is 1. The molecular weight excluding hydrogens is 322 g/mol. The van der Waals surface area contributed by atoms with Crippen LogP contribution in [0.2, 0.25) is 0 Å². The minimum Gasteiger partial charge on any atom is -0.342 e. The highest BCUT2D eigenvalue weighted by atomic mass is 32.1. The zero-order valence-electron chi connectivity index (χ0n) is 13.3. The van der Waals surface area contributed by atoms with E-state index in [0.717, 1.165) is 36.5 Å². The lowest BCUT2D eigenvalue weighted by molar-refractivity contribution is -0.132. The highest BCUT2D eigenvalue weighted by Crippen LogP contribution is 2.33. The number of benzene rings is 1. The Hall–Kier alpha value is -2.28. The zero-order valence-corrected chi connectivity index (χ0v) is 14.2. The molecule has 0 N–H and O–H groups in total. The normalized spacial score (nSPS) is 18.2. The van der Waals surface area contributed by atoms with Gasteiger partial charge in [0.2, 0.25) is 5.91 Å². The van der Waals surface area contributed by atoms with Gasteiger partial charge in [-0.3, -0.25) is 9.48 Å². The molecule has 0 bridgehead atoms. The van der Waals surface area contributed by atoms with Crippen molar-refractivity contribution in [3.05, 3.63) is 41.9 Å². The summed E-state index contributed by atoms with van der Waals surface area (Å²) in [5.74, 6) is 0.544. The summed E-state index contributed by atoms with van der Waals surface area (Å²) >= 11 is 1.76. The highest BCUT2D eigenvalue weighted by molar-refractivity contribution is 7.18. The number of piperidine rings is 1. The molecule has 0 radical (unpaired) electrons. The van der Waals surface area contributed by atoms with Crippen molar-refractivity contribution in [1.29, 1.82) is 0 Å². The van der Waals surface area contributed by atoms with Gasteiger partial charge >= 0.3 is 0 Å². The SMILES string of the molecule is O=C(CCn1cncn1)N1CCC[C@@H](c2nc3ccccc3s2)C1. The first-order valence-corrected chi connectivity index (χ1v) is 9.07. The van der Waals surface area contributed by atoms with Crippen LogP contribution in [-0.4, -0.2) is 43.6 Å². The van der Waals surface area contributed by atoms with E-state index in [9.17, 15) is 4.79 Å². The number of hydrogen-bond donors (Lipinski definition) is 0. The van der Waals surface area contributed by atoms with Crippen molar-refractivity contribution in [1.82, 2.24) is 24.6 Å². The first-order chi connectivity index (χ1) is 11.8. The van der Waals surface area contributed by atoms with E-state index in [1.54, 1.807) is 22.3 Å². The molecule has 1 aliphatic rings. The molecule has 24 heavy (non-hydrogen) atoms. The van der Waals surface area contributed by atoms with Gasteiger partial charge in [0, 0.05) is 25.4 Å². The van der Waals surface area contributed by atoms with Gasteiger partial charge in [-0.1, -0.05) is 12.1 Å². The fraction of sp³-hybridized carbons (Fsp3) is 0.412. The van der Waals surface area contributed by atoms with Gasteiger partial charge in [-0.15, -0.1) is 11.3 Å². The van der Waals surface area contributed by atoms with Crippen molar-refractivity contribution in [2.75, 3.05) is 13.1 Å². The molecule has 1 atom stereocenters. The lowest BCUT2D eigenvalue weighted by Crippen LogP contribution is -2.39. The number of fused-ring (bicyclic) bond motifs is 1. The predicted octanol–water partition coefficient (Wildman–Crippen LogP) is 2.68. The van der Waals surface area contributed by atoms with E-state index in [1.807, 2.05) is 17.0 Å². The molecule has 1 saturated heterocycles. The molecule has 1 amide bonds. The summed E-state index contributed by atoms with van der Waals surface area (Å²) in [4.78, 5) is 23.2. The quantitative estimate of drug-likeness (QED) is 0.732. The third-order valence-electron chi connectivity index (χ3n) is 4.46. The molecule has 4 rings (SSSR count). The minimum absolute atomic E-state index is 0.191. The van der Waals surface area contributed by atoms with Crippen LogP contribution in [0, 0.1) is 0 Å². The lowest BCUT2D eigenvalue weighted by Gasteiger charge is -2.32. The van der Waals surface area contributed by atoms with Crippen LogP contribution in [-0.2, 0) is 11.3 Å². The maximum absolute atomic E-state index is 12.5. The van der Waals surface area contributed by atoms with Crippen LogP contribution in [0.5, 0.6) is 0 Å². The molecule has 1 aromatic carbocycles. The number of aromatic nitrogens is 4. The summed E-state index contributed by atoms with van der Waals surface area (Å²) in [6.07, 6.45) is 5.75. The molecule has 0 saturated carbocycles. The summed E-state index contributed by atoms with van der Waals surface area (Å²) in [5, 5.41) is 5.20. The Kier molecular flexibility index (Phi) is 4.25. The maximum Gasteiger partial charge on any atom is 0.224 e. The Morgan fingerprint density at radius 1 is 1.33 bits per heavy atom. The molecule has 7 heteroatoms. The van der Waals surface area contributed by atoms with E-state index in [-0.39, 0.29) is 5.91 Å². The van der Waals surface area contributed by atoms with E-state index >= 15 is 0 Å². The topological polar surface area (TPSA) is 63.9 Å². The third kappa shape index (κ3) is 3.17. The second kappa shape index (κ2) is 6.68. The summed E-state index contributed by atoms with van der Waals surface area (Å²) < 4.78 is 2.93. The number of carbonyl (C=O) groups is 1. The number of amides is 1. The molecule has 6 nitrogen and oxygen atoms in total. The monoisotopic (exact) mass is 341 g/mol. The van der Waals surface area contributed by atoms with Gasteiger partial charge < -0.3 is 4.90 Å². The number of thiazole rings is 1. The summed E-state index contributed by atoms with van der Waals surface area (Å²) in [7, 11) is 0. The fourth-order valence-electron chi connectivity index (χ4n) is 3.19. The Morgan fingerprint density at radius 3 is 3.08 bits per heavy atom. The third-order valence-corrected chi connectivity index (χ3v) is 5.65. The fourth-order valence-corrected chi connectivity index (χ4v) is 4.28. The largest absolute Gasteiger partial charge is 0.342 e. The van der Waals surface area contributed by atoms with Crippen molar-refractivity contribution in [3.63, 3.8) is 0 Å². The van der Waals surface area contributed by atoms with Crippen LogP contribution in [0.1, 0.15) is 30.2 Å². The van der Waals surface area contributed by atoms with E-state index < -0.39 is 0 Å². The minimum atomic E-state index is 0.191. The van der Waals surface area contributed by atoms with E-state index in [0.29, 0.717) is 18.9 Å². The van der Waals surface area contributed by atoms with Gasteiger partial charge in [0.05, 0.1) is 21.8 Å². The van der Waals surface area contributed by atoms with Crippen molar-refractivity contribution in [2.24, 2.45) is 0 Å². The number of carbonyl (C=O) groups excluding carboxylic acids is 1. The molecule has 3 aromatic rings. The highest BCUT2D eigenvalue weighted by Gasteiger charge is 2.26. The van der Waals surface area contributed by atoms with Gasteiger partial charge in [0.1, 0.15) is 12.7 Å². The predicted molar refractivity (Wildman–Crippen MR) is 92.8 cm³/mol. The van der Waals surface area contributed by atoms with Gasteiger partial charge in [-0.05, 0) is 25.0 Å². The van der Waals surface area contributed by atoms with Crippen LogP contribution in [0.4, 0.5) is 0 Å². The number of para-hydroxylation sites is 1. The average molecular weight is 341 g/mol. The second-order valence-electron chi connectivity index (χ2n) is 6.11. The van der Waals surface area contributed by atoms with Gasteiger partial charge in [0.25, 0.3) is 0 Å². The van der Waals surface area contributed by atoms with E-state index in [1.165, 1.54) is 11.0 Å². The molecular formula is C17H19N5OS. The van der Waals surface area contributed by atoms with Crippen molar-refractivity contribution in [2.45, 2.75) is 31.7 Å². The first-order valence-electron chi connectivity index (χ1n) is 8.25. The van der Waals surface area contributed by atoms with E-state index in [2.05, 4.69) is 22.2 Å². The van der Waals surface area contributed by atoms with Crippen molar-refractivity contribution in [3.8, 4) is 0 Å². The molecule has 0 unspecified atom stereocenters. The molecule has 3 heterocycles. The Balaban J connectivity index is 1.42. The maximum atomic E-state index is 12.5. The number of rotatable bonds is 4. The Morgan fingerprint density at radius 2 is 2.25 bits per heavy atom. The van der Waals surface area contributed by atoms with Crippen molar-refractivity contribution >= 4 is 27.5 Å². The standard InChI is InChI=1S/C17H19N5OS/c23-16(7-9-22-12-18-11-19-22)21-8-3-4-13(10-21)17-20-14-5-1-2-6-15(14)24-17/h1-2,5-6,11-13H,3-4,7-10H2/t13-/m1/s1. The summed E-state index contributed by atoms with van der Waals surface area (Å²) in [5.41, 5.74) is 1.06. The summed E-state index contributed by atoms with van der Waals surface area (Å²) in [6.45, 7) is 2.20.